The SMILES string of the molecule is CCCCC(C(=O)OC)C(C)(O)c1ccc(I)cc1. The molecule has 1 N–H and O–H groups in total. The monoisotopic (exact) mass is 376 g/mol. The van der Waals surface area contributed by atoms with Gasteiger partial charge in [0.15, 0.2) is 0 Å². The van der Waals surface area contributed by atoms with E-state index in [2.05, 4.69) is 29.5 Å². The van der Waals surface area contributed by atoms with Crippen molar-refractivity contribution in [2.45, 2.75) is 38.7 Å². The second kappa shape index (κ2) is 7.24. The van der Waals surface area contributed by atoms with Crippen molar-refractivity contribution >= 4 is 28.6 Å². The molecule has 19 heavy (non-hydrogen) atoms. The summed E-state index contributed by atoms with van der Waals surface area (Å²) in [6.07, 6.45) is 2.50. The molecule has 0 saturated carbocycles. The maximum absolute atomic E-state index is 11.9. The number of carbonyl (C=O) groups excluding carboxylic acids is 1. The van der Waals surface area contributed by atoms with Gasteiger partial charge in [0, 0.05) is 3.57 Å². The lowest BCUT2D eigenvalue weighted by Crippen LogP contribution is -2.38. The van der Waals surface area contributed by atoms with Crippen LogP contribution in [0, 0.1) is 9.49 Å². The van der Waals surface area contributed by atoms with Crippen molar-refractivity contribution in [2.75, 3.05) is 7.11 Å². The Labute approximate surface area is 128 Å². The molecule has 1 rings (SSSR count). The van der Waals surface area contributed by atoms with Gasteiger partial charge in [-0.05, 0) is 53.6 Å². The molecule has 1 aromatic rings. The molecule has 2 unspecified atom stereocenters. The third-order valence-corrected chi connectivity index (χ3v) is 4.16. The first-order valence-corrected chi connectivity index (χ1v) is 7.57. The van der Waals surface area contributed by atoms with Gasteiger partial charge >= 0.3 is 5.97 Å². The molecule has 0 aromatic heterocycles. The minimum Gasteiger partial charge on any atom is -0.469 e. The van der Waals surface area contributed by atoms with E-state index < -0.39 is 11.5 Å². The largest absolute Gasteiger partial charge is 0.469 e. The van der Waals surface area contributed by atoms with Crippen molar-refractivity contribution in [2.24, 2.45) is 5.92 Å². The zero-order valence-electron chi connectivity index (χ0n) is 11.6. The van der Waals surface area contributed by atoms with E-state index in [0.717, 1.165) is 22.0 Å². The minimum atomic E-state index is -1.20. The molecule has 0 fully saturated rings. The highest BCUT2D eigenvalue weighted by molar-refractivity contribution is 14.1. The topological polar surface area (TPSA) is 46.5 Å². The number of hydrogen-bond acceptors (Lipinski definition) is 3. The second-order valence-corrected chi connectivity index (χ2v) is 6.12. The Morgan fingerprint density at radius 2 is 2.00 bits per heavy atom. The van der Waals surface area contributed by atoms with Crippen molar-refractivity contribution in [3.63, 3.8) is 0 Å². The Kier molecular flexibility index (Phi) is 6.26. The molecule has 0 heterocycles. The van der Waals surface area contributed by atoms with Gasteiger partial charge in [-0.1, -0.05) is 31.9 Å². The normalized spacial score (nSPS) is 15.6. The number of aliphatic hydroxyl groups is 1. The molecule has 0 radical (unpaired) electrons. The minimum absolute atomic E-state index is 0.350. The van der Waals surface area contributed by atoms with Crippen molar-refractivity contribution in [3.8, 4) is 0 Å². The third-order valence-electron chi connectivity index (χ3n) is 3.44. The van der Waals surface area contributed by atoms with Gasteiger partial charge in [-0.2, -0.15) is 0 Å². The number of hydrogen-bond donors (Lipinski definition) is 1. The number of ether oxygens (including phenoxy) is 1. The van der Waals surface area contributed by atoms with E-state index in [9.17, 15) is 9.90 Å². The molecule has 0 amide bonds. The molecular formula is C15H21IO3. The number of rotatable bonds is 6. The quantitative estimate of drug-likeness (QED) is 0.611. The number of carbonyl (C=O) groups is 1. The van der Waals surface area contributed by atoms with Gasteiger partial charge in [0.05, 0.1) is 13.0 Å². The molecule has 4 heteroatoms. The van der Waals surface area contributed by atoms with E-state index >= 15 is 0 Å². The Hall–Kier alpha value is -0.620. The highest BCUT2D eigenvalue weighted by atomic mass is 127. The Morgan fingerprint density at radius 3 is 2.47 bits per heavy atom. The molecule has 0 aliphatic heterocycles. The summed E-state index contributed by atoms with van der Waals surface area (Å²) >= 11 is 2.21. The van der Waals surface area contributed by atoms with E-state index in [4.69, 9.17) is 4.74 Å². The predicted octanol–water partition coefficient (Wildman–Crippen LogP) is 3.48. The van der Waals surface area contributed by atoms with Crippen LogP contribution in [0.1, 0.15) is 38.7 Å². The summed E-state index contributed by atoms with van der Waals surface area (Å²) in [4.78, 5) is 11.9. The van der Waals surface area contributed by atoms with Crippen molar-refractivity contribution in [3.05, 3.63) is 33.4 Å². The summed E-state index contributed by atoms with van der Waals surface area (Å²) in [6.45, 7) is 3.75. The fourth-order valence-corrected chi connectivity index (χ4v) is 2.53. The molecule has 0 aliphatic rings. The van der Waals surface area contributed by atoms with Crippen LogP contribution in [0.3, 0.4) is 0 Å². The van der Waals surface area contributed by atoms with Gasteiger partial charge in [0.1, 0.15) is 5.60 Å². The van der Waals surface area contributed by atoms with Gasteiger partial charge in [0.25, 0.3) is 0 Å². The van der Waals surface area contributed by atoms with Crippen LogP contribution >= 0.6 is 22.6 Å². The fraction of sp³-hybridized carbons (Fsp3) is 0.533. The molecule has 2 atom stereocenters. The van der Waals surface area contributed by atoms with Crippen LogP contribution in [0.25, 0.3) is 0 Å². The van der Waals surface area contributed by atoms with Crippen LogP contribution in [0.2, 0.25) is 0 Å². The summed E-state index contributed by atoms with van der Waals surface area (Å²) < 4.78 is 5.94. The molecule has 0 spiro atoms. The van der Waals surface area contributed by atoms with Crippen LogP contribution in [0.5, 0.6) is 0 Å². The van der Waals surface area contributed by atoms with Crippen LogP contribution < -0.4 is 0 Å². The van der Waals surface area contributed by atoms with Gasteiger partial charge in [0.2, 0.25) is 0 Å². The van der Waals surface area contributed by atoms with Crippen LogP contribution in [0.15, 0.2) is 24.3 Å². The molecule has 0 aliphatic carbocycles. The first-order valence-electron chi connectivity index (χ1n) is 6.49. The average Bonchev–Trinajstić information content (AvgIpc) is 2.39. The molecule has 1 aromatic carbocycles. The van der Waals surface area contributed by atoms with Gasteiger partial charge in [-0.15, -0.1) is 0 Å². The zero-order valence-corrected chi connectivity index (χ0v) is 13.8. The van der Waals surface area contributed by atoms with Gasteiger partial charge < -0.3 is 9.84 Å². The average molecular weight is 376 g/mol. The number of unbranched alkanes of at least 4 members (excludes halogenated alkanes) is 1. The number of esters is 1. The Balaban J connectivity index is 3.03. The second-order valence-electron chi connectivity index (χ2n) is 4.87. The van der Waals surface area contributed by atoms with E-state index in [1.807, 2.05) is 24.3 Å². The Morgan fingerprint density at radius 1 is 1.42 bits per heavy atom. The fourth-order valence-electron chi connectivity index (χ4n) is 2.17. The summed E-state index contributed by atoms with van der Waals surface area (Å²) in [5, 5.41) is 10.8. The number of benzene rings is 1. The maximum atomic E-state index is 11.9. The van der Waals surface area contributed by atoms with Crippen molar-refractivity contribution in [1.29, 1.82) is 0 Å². The van der Waals surface area contributed by atoms with E-state index in [1.54, 1.807) is 6.92 Å². The van der Waals surface area contributed by atoms with Crippen LogP contribution in [-0.2, 0) is 15.1 Å². The molecule has 0 bridgehead atoms. The maximum Gasteiger partial charge on any atom is 0.311 e. The lowest BCUT2D eigenvalue weighted by molar-refractivity contribution is -0.156. The standard InChI is InChI=1S/C15H21IO3/c1-4-5-6-13(14(17)19-3)15(2,18)11-7-9-12(16)10-8-11/h7-10,13,18H,4-6H2,1-3H3. The van der Waals surface area contributed by atoms with Crippen LogP contribution in [0.4, 0.5) is 0 Å². The molecule has 0 saturated heterocycles. The van der Waals surface area contributed by atoms with Crippen molar-refractivity contribution in [1.82, 2.24) is 0 Å². The van der Waals surface area contributed by atoms with Crippen molar-refractivity contribution < 1.29 is 14.6 Å². The first kappa shape index (κ1) is 16.4. The van der Waals surface area contributed by atoms with E-state index in [0.29, 0.717) is 6.42 Å². The molecular weight excluding hydrogens is 355 g/mol. The highest BCUT2D eigenvalue weighted by Crippen LogP contribution is 2.34. The van der Waals surface area contributed by atoms with E-state index in [-0.39, 0.29) is 5.97 Å². The lowest BCUT2D eigenvalue weighted by Gasteiger charge is -2.31. The number of halogens is 1. The van der Waals surface area contributed by atoms with Gasteiger partial charge in [-0.25, -0.2) is 0 Å². The van der Waals surface area contributed by atoms with Crippen LogP contribution in [-0.4, -0.2) is 18.2 Å². The smallest absolute Gasteiger partial charge is 0.311 e. The summed E-state index contributed by atoms with van der Waals surface area (Å²) in [5.74, 6) is -0.880. The van der Waals surface area contributed by atoms with Gasteiger partial charge in [-0.3, -0.25) is 4.79 Å². The summed E-state index contributed by atoms with van der Waals surface area (Å²) in [7, 11) is 1.37. The Bertz CT molecular complexity index is 412. The van der Waals surface area contributed by atoms with E-state index in [1.165, 1.54) is 7.11 Å². The molecule has 3 nitrogen and oxygen atoms in total. The molecule has 106 valence electrons. The zero-order chi connectivity index (χ0) is 14.5. The first-order chi connectivity index (χ1) is 8.93. The third kappa shape index (κ3) is 4.18. The predicted molar refractivity (Wildman–Crippen MR) is 83.8 cm³/mol. The summed E-state index contributed by atoms with van der Waals surface area (Å²) in [6, 6.07) is 7.59. The highest BCUT2D eigenvalue weighted by Gasteiger charge is 2.39. The summed E-state index contributed by atoms with van der Waals surface area (Å²) in [5.41, 5.74) is -0.452. The lowest BCUT2D eigenvalue weighted by atomic mass is 9.80. The number of methoxy groups -OCH3 is 1.